The van der Waals surface area contributed by atoms with E-state index in [-0.39, 0.29) is 17.8 Å². The predicted molar refractivity (Wildman–Crippen MR) is 126 cm³/mol. The van der Waals surface area contributed by atoms with Crippen molar-refractivity contribution in [1.82, 2.24) is 14.6 Å². The van der Waals surface area contributed by atoms with E-state index in [4.69, 9.17) is 27.9 Å². The third kappa shape index (κ3) is 4.54. The van der Waals surface area contributed by atoms with E-state index in [0.717, 1.165) is 16.8 Å². The summed E-state index contributed by atoms with van der Waals surface area (Å²) in [6.07, 6.45) is -0.716. The summed E-state index contributed by atoms with van der Waals surface area (Å²) in [6, 6.07) is 13.0. The number of carbonyl (C=O) groups excluding carboxylic acids is 1. The first-order valence-corrected chi connectivity index (χ1v) is 11.3. The topological polar surface area (TPSA) is 68.5 Å². The molecule has 0 aliphatic heterocycles. The molecule has 4 aromatic rings. The zero-order chi connectivity index (χ0) is 22.1. The Morgan fingerprint density at radius 2 is 1.94 bits per heavy atom. The summed E-state index contributed by atoms with van der Waals surface area (Å²) >= 11 is 13.7. The Labute approximate surface area is 193 Å². The molecule has 4 rings (SSSR count). The first-order chi connectivity index (χ1) is 14.8. The third-order valence-electron chi connectivity index (χ3n) is 4.74. The molecule has 0 radical (unpaired) electrons. The van der Waals surface area contributed by atoms with Crippen LogP contribution < -0.4 is 10.1 Å². The monoisotopic (exact) mass is 474 g/mol. The summed E-state index contributed by atoms with van der Waals surface area (Å²) in [5.74, 6) is 0.850. The van der Waals surface area contributed by atoms with Crippen LogP contribution in [0.1, 0.15) is 32.3 Å². The highest BCUT2D eigenvalue weighted by atomic mass is 35.5. The molecule has 1 atom stereocenters. The molecule has 0 aliphatic carbocycles. The first kappa shape index (κ1) is 21.6. The molecule has 2 aromatic carbocycles. The van der Waals surface area contributed by atoms with Gasteiger partial charge in [-0.1, -0.05) is 55.2 Å². The number of anilines is 1. The molecule has 2 aromatic heterocycles. The summed E-state index contributed by atoms with van der Waals surface area (Å²) in [4.78, 5) is 17.7. The van der Waals surface area contributed by atoms with Gasteiger partial charge in [0.25, 0.3) is 11.9 Å². The predicted octanol–water partition coefficient (Wildman–Crippen LogP) is 6.29. The number of nitrogens with one attached hydrogen (secondary N) is 1. The zero-order valence-electron chi connectivity index (χ0n) is 17.1. The van der Waals surface area contributed by atoms with Gasteiger partial charge in [-0.05, 0) is 42.7 Å². The SMILES string of the molecule is CC(Oc1ccccc1C(C)C)C(=O)Nc1nc2scc(-c3ccc(Cl)cc3Cl)n2n1. The second kappa shape index (κ2) is 8.86. The van der Waals surface area contributed by atoms with Crippen molar-refractivity contribution in [3.8, 4) is 17.0 Å². The van der Waals surface area contributed by atoms with Gasteiger partial charge in [-0.25, -0.2) is 4.52 Å². The number of para-hydroxylation sites is 1. The van der Waals surface area contributed by atoms with Crippen LogP contribution in [0.4, 0.5) is 5.95 Å². The molecule has 6 nitrogen and oxygen atoms in total. The molecule has 0 fully saturated rings. The molecule has 0 saturated heterocycles. The Kier molecular flexibility index (Phi) is 6.18. The summed E-state index contributed by atoms with van der Waals surface area (Å²) in [5.41, 5.74) is 2.60. The van der Waals surface area contributed by atoms with Gasteiger partial charge in [-0.15, -0.1) is 16.4 Å². The second-order valence-corrected chi connectivity index (χ2v) is 9.00. The van der Waals surface area contributed by atoms with Crippen molar-refractivity contribution in [2.75, 3.05) is 5.32 Å². The number of nitrogens with zero attached hydrogens (tertiary/aromatic N) is 3. The zero-order valence-corrected chi connectivity index (χ0v) is 19.4. The van der Waals surface area contributed by atoms with E-state index >= 15 is 0 Å². The number of aromatic nitrogens is 3. The average molecular weight is 475 g/mol. The van der Waals surface area contributed by atoms with Crippen molar-refractivity contribution in [2.45, 2.75) is 32.8 Å². The van der Waals surface area contributed by atoms with Crippen LogP contribution in [0.15, 0.2) is 47.8 Å². The number of thiazole rings is 1. The van der Waals surface area contributed by atoms with Gasteiger partial charge < -0.3 is 4.74 Å². The number of benzene rings is 2. The van der Waals surface area contributed by atoms with Gasteiger partial charge in [0.1, 0.15) is 5.75 Å². The molecule has 9 heteroatoms. The van der Waals surface area contributed by atoms with Crippen LogP contribution in [0.25, 0.3) is 16.2 Å². The van der Waals surface area contributed by atoms with Crippen molar-refractivity contribution in [1.29, 1.82) is 0 Å². The van der Waals surface area contributed by atoms with Crippen molar-refractivity contribution in [3.05, 3.63) is 63.5 Å². The van der Waals surface area contributed by atoms with E-state index in [2.05, 4.69) is 29.2 Å². The lowest BCUT2D eigenvalue weighted by Crippen LogP contribution is -2.31. The van der Waals surface area contributed by atoms with Crippen LogP contribution in [-0.2, 0) is 4.79 Å². The highest BCUT2D eigenvalue weighted by Crippen LogP contribution is 2.33. The van der Waals surface area contributed by atoms with Gasteiger partial charge in [-0.3, -0.25) is 10.1 Å². The van der Waals surface area contributed by atoms with Crippen LogP contribution >= 0.6 is 34.5 Å². The van der Waals surface area contributed by atoms with Crippen molar-refractivity contribution >= 4 is 51.4 Å². The van der Waals surface area contributed by atoms with Crippen LogP contribution in [0, 0.1) is 0 Å². The van der Waals surface area contributed by atoms with Gasteiger partial charge in [0, 0.05) is 16.0 Å². The Morgan fingerprint density at radius 1 is 1.16 bits per heavy atom. The highest BCUT2D eigenvalue weighted by Gasteiger charge is 2.20. The van der Waals surface area contributed by atoms with E-state index in [1.807, 2.05) is 35.7 Å². The lowest BCUT2D eigenvalue weighted by molar-refractivity contribution is -0.122. The maximum absolute atomic E-state index is 12.7. The van der Waals surface area contributed by atoms with Crippen LogP contribution in [-0.4, -0.2) is 26.6 Å². The van der Waals surface area contributed by atoms with Crippen molar-refractivity contribution in [3.63, 3.8) is 0 Å². The number of fused-ring (bicyclic) bond motifs is 1. The first-order valence-electron chi connectivity index (χ1n) is 9.69. The average Bonchev–Trinajstić information content (AvgIpc) is 3.28. The van der Waals surface area contributed by atoms with Crippen LogP contribution in [0.3, 0.4) is 0 Å². The second-order valence-electron chi connectivity index (χ2n) is 7.32. The highest BCUT2D eigenvalue weighted by molar-refractivity contribution is 7.15. The molecule has 0 aliphatic rings. The number of hydrogen-bond acceptors (Lipinski definition) is 5. The van der Waals surface area contributed by atoms with Gasteiger partial charge in [0.2, 0.25) is 4.96 Å². The molecule has 2 heterocycles. The van der Waals surface area contributed by atoms with E-state index in [1.54, 1.807) is 23.6 Å². The van der Waals surface area contributed by atoms with Crippen molar-refractivity contribution < 1.29 is 9.53 Å². The summed E-state index contributed by atoms with van der Waals surface area (Å²) in [7, 11) is 0. The lowest BCUT2D eigenvalue weighted by atomic mass is 10.0. The Bertz CT molecular complexity index is 1250. The number of ether oxygens (including phenoxy) is 1. The van der Waals surface area contributed by atoms with Gasteiger partial charge >= 0.3 is 0 Å². The minimum absolute atomic E-state index is 0.204. The van der Waals surface area contributed by atoms with Gasteiger partial charge in [0.15, 0.2) is 6.10 Å². The van der Waals surface area contributed by atoms with E-state index in [0.29, 0.717) is 20.8 Å². The maximum Gasteiger partial charge on any atom is 0.267 e. The number of halogens is 2. The smallest absolute Gasteiger partial charge is 0.267 e. The number of amides is 1. The minimum Gasteiger partial charge on any atom is -0.481 e. The summed E-state index contributed by atoms with van der Waals surface area (Å²) in [5, 5.41) is 10.1. The molecular formula is C22H20Cl2N4O2S. The quantitative estimate of drug-likeness (QED) is 0.356. The van der Waals surface area contributed by atoms with E-state index in [9.17, 15) is 4.79 Å². The summed E-state index contributed by atoms with van der Waals surface area (Å²) in [6.45, 7) is 5.86. The van der Waals surface area contributed by atoms with Gasteiger partial charge in [0.05, 0.1) is 10.7 Å². The molecular weight excluding hydrogens is 455 g/mol. The lowest BCUT2D eigenvalue weighted by Gasteiger charge is -2.18. The summed E-state index contributed by atoms with van der Waals surface area (Å²) < 4.78 is 7.56. The third-order valence-corrected chi connectivity index (χ3v) is 6.10. The van der Waals surface area contributed by atoms with Gasteiger partial charge in [-0.2, -0.15) is 4.98 Å². The Morgan fingerprint density at radius 3 is 2.68 bits per heavy atom. The molecule has 160 valence electrons. The fourth-order valence-electron chi connectivity index (χ4n) is 3.14. The molecule has 0 spiro atoms. The van der Waals surface area contributed by atoms with Crippen molar-refractivity contribution in [2.24, 2.45) is 0 Å². The molecule has 1 amide bonds. The van der Waals surface area contributed by atoms with Crippen LogP contribution in [0.5, 0.6) is 5.75 Å². The number of carbonyl (C=O) groups is 1. The molecule has 1 N–H and O–H groups in total. The number of rotatable bonds is 6. The molecule has 0 bridgehead atoms. The molecule has 1 unspecified atom stereocenters. The maximum atomic E-state index is 12.7. The molecule has 0 saturated carbocycles. The Balaban J connectivity index is 1.52. The fourth-order valence-corrected chi connectivity index (χ4v) is 4.47. The van der Waals surface area contributed by atoms with Crippen LogP contribution in [0.2, 0.25) is 10.0 Å². The normalized spacial score (nSPS) is 12.3. The minimum atomic E-state index is -0.716. The standard InChI is InChI=1S/C22H20Cl2N4O2S/c1-12(2)15-6-4-5-7-19(15)30-13(3)20(29)25-21-26-22-28(27-21)18(11-31-22)16-9-8-14(23)10-17(16)24/h4-13H,1-3H3,(H,25,27,29). The molecule has 31 heavy (non-hydrogen) atoms. The van der Waals surface area contributed by atoms with E-state index in [1.165, 1.54) is 11.3 Å². The largest absolute Gasteiger partial charge is 0.481 e. The fraction of sp³-hybridized carbons (Fsp3) is 0.227. The Hall–Kier alpha value is -2.61. The number of hydrogen-bond donors (Lipinski definition) is 1. The van der Waals surface area contributed by atoms with E-state index < -0.39 is 6.10 Å².